The van der Waals surface area contributed by atoms with E-state index in [4.69, 9.17) is 10.00 Å². The molecule has 1 aromatic heterocycles. The van der Waals surface area contributed by atoms with Crippen molar-refractivity contribution >= 4 is 17.4 Å². The van der Waals surface area contributed by atoms with Crippen molar-refractivity contribution in [3.63, 3.8) is 0 Å². The summed E-state index contributed by atoms with van der Waals surface area (Å²) in [7, 11) is 1.66. The van der Waals surface area contributed by atoms with Gasteiger partial charge in [-0.2, -0.15) is 5.26 Å². The molecule has 2 aromatic carbocycles. The van der Waals surface area contributed by atoms with Gasteiger partial charge in [0.05, 0.1) is 11.6 Å². The summed E-state index contributed by atoms with van der Waals surface area (Å²) in [5.74, 6) is 0.682. The average molecular weight is 387 g/mol. The number of hydrogen-bond acceptors (Lipinski definition) is 6. The minimum Gasteiger partial charge on any atom is -0.385 e. The number of carbonyl (C=O) groups is 1. The fraction of sp³-hybridized carbons (Fsp3) is 0.182. The Morgan fingerprint density at radius 1 is 1.10 bits per heavy atom. The molecule has 0 saturated carbocycles. The molecule has 0 aliphatic rings. The summed E-state index contributed by atoms with van der Waals surface area (Å²) in [5, 5.41) is 14.9. The lowest BCUT2D eigenvalue weighted by Gasteiger charge is -2.11. The summed E-state index contributed by atoms with van der Waals surface area (Å²) in [6, 6.07) is 19.8. The Bertz CT molecular complexity index is 998. The highest BCUT2D eigenvalue weighted by Gasteiger charge is 2.13. The smallest absolute Gasteiger partial charge is 0.274 e. The zero-order chi connectivity index (χ0) is 20.5. The maximum atomic E-state index is 12.8. The highest BCUT2D eigenvalue weighted by Crippen LogP contribution is 2.19. The van der Waals surface area contributed by atoms with E-state index in [1.807, 2.05) is 30.3 Å². The molecule has 2 N–H and O–H groups in total. The quantitative estimate of drug-likeness (QED) is 0.572. The van der Waals surface area contributed by atoms with Crippen LogP contribution in [0.25, 0.3) is 11.4 Å². The SMILES string of the molecule is COCCCNc1cc(C(=O)Nc2ccc(C#N)cc2)nc(-c2ccccc2)n1. The average Bonchev–Trinajstić information content (AvgIpc) is 2.77. The molecule has 7 heteroatoms. The summed E-state index contributed by atoms with van der Waals surface area (Å²) in [5.41, 5.74) is 2.18. The van der Waals surface area contributed by atoms with Gasteiger partial charge < -0.3 is 15.4 Å². The third kappa shape index (κ3) is 5.61. The van der Waals surface area contributed by atoms with E-state index >= 15 is 0 Å². The van der Waals surface area contributed by atoms with E-state index in [9.17, 15) is 4.79 Å². The molecular formula is C22H21N5O2. The summed E-state index contributed by atoms with van der Waals surface area (Å²) >= 11 is 0. The predicted octanol–water partition coefficient (Wildman–Crippen LogP) is 3.72. The molecule has 0 aliphatic heterocycles. The van der Waals surface area contributed by atoms with E-state index in [-0.39, 0.29) is 11.6 Å². The number of benzene rings is 2. The van der Waals surface area contributed by atoms with Crippen molar-refractivity contribution in [1.29, 1.82) is 5.26 Å². The zero-order valence-electron chi connectivity index (χ0n) is 16.1. The van der Waals surface area contributed by atoms with Crippen LogP contribution in [0.1, 0.15) is 22.5 Å². The fourth-order valence-electron chi connectivity index (χ4n) is 2.63. The van der Waals surface area contributed by atoms with Crippen LogP contribution in [0.15, 0.2) is 60.7 Å². The van der Waals surface area contributed by atoms with Crippen molar-refractivity contribution in [2.24, 2.45) is 0 Å². The maximum absolute atomic E-state index is 12.8. The lowest BCUT2D eigenvalue weighted by Crippen LogP contribution is -2.16. The van der Waals surface area contributed by atoms with Gasteiger partial charge >= 0.3 is 0 Å². The van der Waals surface area contributed by atoms with Crippen molar-refractivity contribution < 1.29 is 9.53 Å². The second kappa shape index (κ2) is 9.97. The van der Waals surface area contributed by atoms with Gasteiger partial charge in [-0.05, 0) is 30.7 Å². The number of anilines is 2. The molecule has 0 fully saturated rings. The van der Waals surface area contributed by atoms with Gasteiger partial charge in [-0.1, -0.05) is 30.3 Å². The van der Waals surface area contributed by atoms with Gasteiger partial charge in [0.2, 0.25) is 0 Å². The van der Waals surface area contributed by atoms with Gasteiger partial charge in [0.25, 0.3) is 5.91 Å². The number of aromatic nitrogens is 2. The lowest BCUT2D eigenvalue weighted by atomic mass is 10.2. The van der Waals surface area contributed by atoms with Crippen LogP contribution >= 0.6 is 0 Å². The number of ether oxygens (including phenoxy) is 1. The monoisotopic (exact) mass is 387 g/mol. The molecule has 0 unspecified atom stereocenters. The lowest BCUT2D eigenvalue weighted by molar-refractivity contribution is 0.102. The first kappa shape index (κ1) is 20.0. The normalized spacial score (nSPS) is 10.2. The molecule has 0 aliphatic carbocycles. The van der Waals surface area contributed by atoms with Crippen LogP contribution in [0.3, 0.4) is 0 Å². The number of carbonyl (C=O) groups excluding carboxylic acids is 1. The van der Waals surface area contributed by atoms with Gasteiger partial charge in [0.15, 0.2) is 5.82 Å². The fourth-order valence-corrected chi connectivity index (χ4v) is 2.63. The Hall–Kier alpha value is -3.76. The van der Waals surface area contributed by atoms with E-state index in [2.05, 4.69) is 26.7 Å². The van der Waals surface area contributed by atoms with Crippen LogP contribution < -0.4 is 10.6 Å². The van der Waals surface area contributed by atoms with E-state index in [0.717, 1.165) is 12.0 Å². The number of hydrogen-bond donors (Lipinski definition) is 2. The van der Waals surface area contributed by atoms with E-state index in [0.29, 0.717) is 36.0 Å². The summed E-state index contributed by atoms with van der Waals surface area (Å²) in [6.07, 6.45) is 0.813. The highest BCUT2D eigenvalue weighted by molar-refractivity contribution is 6.03. The standard InChI is InChI=1S/C22H21N5O2/c1-29-13-5-12-24-20-14-19(26-21(27-20)17-6-3-2-4-7-17)22(28)25-18-10-8-16(15-23)9-11-18/h2-4,6-11,14H,5,12-13H2,1H3,(H,25,28)(H,24,26,27). The van der Waals surface area contributed by atoms with Crippen molar-refractivity contribution in [1.82, 2.24) is 9.97 Å². The number of methoxy groups -OCH3 is 1. The van der Waals surface area contributed by atoms with Crippen LogP contribution in [0.5, 0.6) is 0 Å². The van der Waals surface area contributed by atoms with Gasteiger partial charge in [-0.25, -0.2) is 9.97 Å². The van der Waals surface area contributed by atoms with Gasteiger partial charge in [0.1, 0.15) is 11.5 Å². The molecule has 0 spiro atoms. The molecule has 146 valence electrons. The molecule has 1 heterocycles. The Labute approximate surface area is 169 Å². The van der Waals surface area contributed by atoms with Crippen molar-refractivity contribution in [2.75, 3.05) is 30.9 Å². The van der Waals surface area contributed by atoms with Gasteiger partial charge in [-0.15, -0.1) is 0 Å². The van der Waals surface area contributed by atoms with E-state index in [1.54, 1.807) is 37.4 Å². The van der Waals surface area contributed by atoms with Crippen LogP contribution in [-0.4, -0.2) is 36.1 Å². The molecule has 29 heavy (non-hydrogen) atoms. The number of amides is 1. The summed E-state index contributed by atoms with van der Waals surface area (Å²) in [6.45, 7) is 1.30. The van der Waals surface area contributed by atoms with E-state index in [1.165, 1.54) is 0 Å². The first-order valence-corrected chi connectivity index (χ1v) is 9.18. The summed E-state index contributed by atoms with van der Waals surface area (Å²) in [4.78, 5) is 21.7. The number of nitrogens with zero attached hydrogens (tertiary/aromatic N) is 3. The van der Waals surface area contributed by atoms with Gasteiger partial charge in [-0.3, -0.25) is 4.79 Å². The maximum Gasteiger partial charge on any atom is 0.274 e. The van der Waals surface area contributed by atoms with Crippen molar-refractivity contribution in [3.05, 3.63) is 71.9 Å². The number of nitrogens with one attached hydrogen (secondary N) is 2. The van der Waals surface area contributed by atoms with Crippen molar-refractivity contribution in [2.45, 2.75) is 6.42 Å². The minimum atomic E-state index is -0.353. The van der Waals surface area contributed by atoms with Crippen LogP contribution in [-0.2, 0) is 4.74 Å². The molecule has 1 amide bonds. The molecule has 3 aromatic rings. The molecule has 0 atom stereocenters. The Balaban J connectivity index is 1.84. The van der Waals surface area contributed by atoms with E-state index < -0.39 is 0 Å². The first-order valence-electron chi connectivity index (χ1n) is 9.18. The van der Waals surface area contributed by atoms with Crippen LogP contribution in [0, 0.1) is 11.3 Å². The van der Waals surface area contributed by atoms with Gasteiger partial charge in [0, 0.05) is 37.6 Å². The third-order valence-electron chi connectivity index (χ3n) is 4.09. The Kier molecular flexibility index (Phi) is 6.87. The Morgan fingerprint density at radius 2 is 1.86 bits per heavy atom. The van der Waals surface area contributed by atoms with Crippen molar-refractivity contribution in [3.8, 4) is 17.5 Å². The zero-order valence-corrected chi connectivity index (χ0v) is 16.1. The summed E-state index contributed by atoms with van der Waals surface area (Å²) < 4.78 is 5.06. The number of rotatable bonds is 8. The topological polar surface area (TPSA) is 99.9 Å². The second-order valence-corrected chi connectivity index (χ2v) is 6.24. The molecule has 3 rings (SSSR count). The molecule has 0 radical (unpaired) electrons. The largest absolute Gasteiger partial charge is 0.385 e. The Morgan fingerprint density at radius 3 is 2.55 bits per heavy atom. The molecule has 7 nitrogen and oxygen atoms in total. The predicted molar refractivity (Wildman–Crippen MR) is 112 cm³/mol. The highest BCUT2D eigenvalue weighted by atomic mass is 16.5. The minimum absolute atomic E-state index is 0.248. The van der Waals surface area contributed by atoms with Crippen LogP contribution in [0.2, 0.25) is 0 Å². The van der Waals surface area contributed by atoms with Crippen LogP contribution in [0.4, 0.5) is 11.5 Å². The molecule has 0 bridgehead atoms. The molecule has 0 saturated heterocycles. The number of nitriles is 1. The second-order valence-electron chi connectivity index (χ2n) is 6.24. The first-order chi connectivity index (χ1) is 14.2. The molecular weight excluding hydrogens is 366 g/mol. The third-order valence-corrected chi connectivity index (χ3v) is 4.09.